The lowest BCUT2D eigenvalue weighted by Crippen LogP contribution is -2.49. The van der Waals surface area contributed by atoms with Crippen LogP contribution in [0.2, 0.25) is 0 Å². The van der Waals surface area contributed by atoms with Crippen LogP contribution in [-0.2, 0) is 19.1 Å². The second-order valence-corrected chi connectivity index (χ2v) is 9.01. The number of carbonyl (C=O) groups is 3. The molecule has 2 amide bonds. The van der Waals surface area contributed by atoms with Crippen LogP contribution in [0, 0.1) is 12.3 Å². The summed E-state index contributed by atoms with van der Waals surface area (Å²) < 4.78 is 10.8. The molecule has 1 fully saturated rings. The largest absolute Gasteiger partial charge is 0.451 e. The number of nitrogens with zero attached hydrogens (tertiary/aromatic N) is 1. The van der Waals surface area contributed by atoms with Gasteiger partial charge in [-0.25, -0.2) is 4.79 Å². The minimum Gasteiger partial charge on any atom is -0.451 e. The van der Waals surface area contributed by atoms with Crippen LogP contribution >= 0.6 is 11.3 Å². The Morgan fingerprint density at radius 1 is 1.26 bits per heavy atom. The first-order chi connectivity index (χ1) is 12.5. The van der Waals surface area contributed by atoms with Gasteiger partial charge in [0.15, 0.2) is 6.61 Å². The number of hydrogen-bond donors (Lipinski definition) is 1. The number of hydrogen-bond acceptors (Lipinski definition) is 6. The summed E-state index contributed by atoms with van der Waals surface area (Å²) >= 11 is 1.15. The van der Waals surface area contributed by atoms with Crippen molar-refractivity contribution >= 4 is 34.1 Å². The average molecular weight is 397 g/mol. The number of morpholine rings is 1. The van der Waals surface area contributed by atoms with Crippen molar-refractivity contribution in [1.82, 2.24) is 4.90 Å². The highest BCUT2D eigenvalue weighted by Crippen LogP contribution is 2.29. The van der Waals surface area contributed by atoms with Gasteiger partial charge in [0.2, 0.25) is 5.91 Å². The zero-order valence-corrected chi connectivity index (χ0v) is 17.6. The summed E-state index contributed by atoms with van der Waals surface area (Å²) in [5.74, 6) is -0.924. The fourth-order valence-electron chi connectivity index (χ4n) is 2.71. The van der Waals surface area contributed by atoms with Crippen molar-refractivity contribution in [2.24, 2.45) is 5.41 Å². The quantitative estimate of drug-likeness (QED) is 0.791. The van der Waals surface area contributed by atoms with Gasteiger partial charge in [-0.2, -0.15) is 0 Å². The number of carbonyl (C=O) groups excluding carboxylic acids is 3. The molecular formula is C19H28N2O5S. The minimum atomic E-state index is -0.559. The van der Waals surface area contributed by atoms with E-state index in [-0.39, 0.29) is 30.6 Å². The van der Waals surface area contributed by atoms with Crippen molar-refractivity contribution in [3.05, 3.63) is 16.5 Å². The number of esters is 1. The Balaban J connectivity index is 1.94. The third kappa shape index (κ3) is 5.77. The number of anilines is 1. The Morgan fingerprint density at radius 3 is 2.41 bits per heavy atom. The second-order valence-electron chi connectivity index (χ2n) is 7.96. The lowest BCUT2D eigenvalue weighted by Gasteiger charge is -2.35. The van der Waals surface area contributed by atoms with E-state index >= 15 is 0 Å². The normalized spacial score (nSPS) is 20.3. The Hall–Kier alpha value is -1.93. The highest BCUT2D eigenvalue weighted by Gasteiger charge is 2.27. The van der Waals surface area contributed by atoms with E-state index in [9.17, 15) is 14.4 Å². The van der Waals surface area contributed by atoms with Gasteiger partial charge in [-0.1, -0.05) is 20.8 Å². The summed E-state index contributed by atoms with van der Waals surface area (Å²) in [4.78, 5) is 38.8. The molecule has 0 saturated carbocycles. The van der Waals surface area contributed by atoms with E-state index in [1.54, 1.807) is 17.9 Å². The number of aryl methyl sites for hydroxylation is 1. The molecule has 2 heterocycles. The predicted octanol–water partition coefficient (Wildman–Crippen LogP) is 2.83. The first kappa shape index (κ1) is 21.4. The fourth-order valence-corrected chi connectivity index (χ4v) is 3.67. The van der Waals surface area contributed by atoms with Crippen LogP contribution in [0.1, 0.15) is 49.9 Å². The van der Waals surface area contributed by atoms with E-state index in [0.717, 1.165) is 11.3 Å². The van der Waals surface area contributed by atoms with E-state index < -0.39 is 11.4 Å². The van der Waals surface area contributed by atoms with Crippen LogP contribution < -0.4 is 5.32 Å². The van der Waals surface area contributed by atoms with Crippen molar-refractivity contribution in [1.29, 1.82) is 0 Å². The lowest BCUT2D eigenvalue weighted by atomic mass is 9.96. The summed E-state index contributed by atoms with van der Waals surface area (Å²) in [6.07, 6.45) is -0.0798. The maximum absolute atomic E-state index is 12.4. The predicted molar refractivity (Wildman–Crippen MR) is 104 cm³/mol. The molecule has 1 aromatic rings. The minimum absolute atomic E-state index is 0.0399. The van der Waals surface area contributed by atoms with Gasteiger partial charge in [-0.05, 0) is 32.4 Å². The molecule has 2 atom stereocenters. The van der Waals surface area contributed by atoms with E-state index in [4.69, 9.17) is 9.47 Å². The molecule has 0 bridgehead atoms. The van der Waals surface area contributed by atoms with Crippen LogP contribution in [0.3, 0.4) is 0 Å². The van der Waals surface area contributed by atoms with Gasteiger partial charge in [-0.3, -0.25) is 9.59 Å². The van der Waals surface area contributed by atoms with Gasteiger partial charge in [0.05, 0.1) is 17.2 Å². The lowest BCUT2D eigenvalue weighted by molar-refractivity contribution is -0.146. The number of thiophene rings is 1. The van der Waals surface area contributed by atoms with Gasteiger partial charge in [-0.15, -0.1) is 11.3 Å². The van der Waals surface area contributed by atoms with Gasteiger partial charge in [0.25, 0.3) is 5.91 Å². The van der Waals surface area contributed by atoms with E-state index in [2.05, 4.69) is 5.32 Å². The van der Waals surface area contributed by atoms with Crippen LogP contribution in [0.5, 0.6) is 0 Å². The summed E-state index contributed by atoms with van der Waals surface area (Å²) in [5.41, 5.74) is 0.174. The van der Waals surface area contributed by atoms with Gasteiger partial charge in [0.1, 0.15) is 4.88 Å². The first-order valence-corrected chi connectivity index (χ1v) is 9.81. The van der Waals surface area contributed by atoms with Crippen LogP contribution in [0.25, 0.3) is 0 Å². The highest BCUT2D eigenvalue weighted by atomic mass is 32.1. The smallest absolute Gasteiger partial charge is 0.349 e. The standard InChI is InChI=1S/C19H28N2O5S/c1-11-7-14(20-18(24)19(4,5)6)27-16(11)17(23)25-10-15(22)21-8-12(2)26-13(3)9-21/h7,12-13H,8-10H2,1-6H3,(H,20,24)/t12-,13-/m1/s1. The zero-order valence-electron chi connectivity index (χ0n) is 16.8. The Morgan fingerprint density at radius 2 is 1.85 bits per heavy atom. The molecule has 1 aliphatic heterocycles. The molecule has 7 nitrogen and oxygen atoms in total. The molecule has 0 radical (unpaired) electrons. The summed E-state index contributed by atoms with van der Waals surface area (Å²) in [6, 6.07) is 1.73. The molecular weight excluding hydrogens is 368 g/mol. The maximum atomic E-state index is 12.4. The first-order valence-electron chi connectivity index (χ1n) is 8.99. The molecule has 150 valence electrons. The third-order valence-corrected chi connectivity index (χ3v) is 5.25. The number of ether oxygens (including phenoxy) is 2. The molecule has 0 aromatic carbocycles. The fraction of sp³-hybridized carbons (Fsp3) is 0.632. The maximum Gasteiger partial charge on any atom is 0.349 e. The molecule has 1 aromatic heterocycles. The Bertz CT molecular complexity index is 712. The van der Waals surface area contributed by atoms with E-state index in [1.807, 2.05) is 34.6 Å². The zero-order chi connectivity index (χ0) is 20.4. The highest BCUT2D eigenvalue weighted by molar-refractivity contribution is 7.18. The molecule has 27 heavy (non-hydrogen) atoms. The van der Waals surface area contributed by atoms with Crippen molar-refractivity contribution in [3.63, 3.8) is 0 Å². The molecule has 0 aliphatic carbocycles. The van der Waals surface area contributed by atoms with Crippen LogP contribution in [0.4, 0.5) is 5.00 Å². The van der Waals surface area contributed by atoms with Gasteiger partial charge in [0, 0.05) is 18.5 Å². The van der Waals surface area contributed by atoms with Crippen molar-refractivity contribution < 1.29 is 23.9 Å². The summed E-state index contributed by atoms with van der Waals surface area (Å²) in [7, 11) is 0. The molecule has 1 N–H and O–H groups in total. The monoisotopic (exact) mass is 396 g/mol. The van der Waals surface area contributed by atoms with Crippen molar-refractivity contribution in [2.45, 2.75) is 53.8 Å². The van der Waals surface area contributed by atoms with Crippen molar-refractivity contribution in [3.8, 4) is 0 Å². The number of nitrogens with one attached hydrogen (secondary N) is 1. The number of rotatable bonds is 4. The van der Waals surface area contributed by atoms with Gasteiger partial charge >= 0.3 is 5.97 Å². The topological polar surface area (TPSA) is 84.9 Å². The SMILES string of the molecule is Cc1cc(NC(=O)C(C)(C)C)sc1C(=O)OCC(=O)N1C[C@@H](C)O[C@H](C)C1. The number of amides is 2. The molecule has 0 spiro atoms. The second kappa shape index (κ2) is 8.39. The van der Waals surface area contributed by atoms with Crippen molar-refractivity contribution in [2.75, 3.05) is 25.0 Å². The average Bonchev–Trinajstić information content (AvgIpc) is 2.91. The Kier molecular flexibility index (Phi) is 6.64. The molecule has 1 aliphatic rings. The molecule has 8 heteroatoms. The van der Waals surface area contributed by atoms with Gasteiger partial charge < -0.3 is 19.7 Å². The van der Waals surface area contributed by atoms with E-state index in [1.165, 1.54) is 0 Å². The third-order valence-electron chi connectivity index (χ3n) is 4.12. The van der Waals surface area contributed by atoms with Crippen LogP contribution in [0.15, 0.2) is 6.07 Å². The summed E-state index contributed by atoms with van der Waals surface area (Å²) in [5, 5.41) is 3.39. The molecule has 0 unspecified atom stereocenters. The van der Waals surface area contributed by atoms with Crippen LogP contribution in [-0.4, -0.2) is 54.6 Å². The molecule has 1 saturated heterocycles. The van der Waals surface area contributed by atoms with E-state index in [0.29, 0.717) is 28.5 Å². The molecule has 2 rings (SSSR count). The Labute approximate surface area is 164 Å². The summed E-state index contributed by atoms with van der Waals surface area (Å²) in [6.45, 7) is 11.7.